The molecule has 1 N–H and O–H groups in total. The zero-order valence-corrected chi connectivity index (χ0v) is 9.56. The van der Waals surface area contributed by atoms with E-state index in [9.17, 15) is 4.79 Å². The molecule has 88 valence electrons. The molecule has 3 heteroatoms. The first kappa shape index (κ1) is 10.5. The van der Waals surface area contributed by atoms with E-state index in [0.717, 1.165) is 18.4 Å². The largest absolute Gasteiger partial charge is 0.363 e. The summed E-state index contributed by atoms with van der Waals surface area (Å²) in [6.07, 6.45) is 5.88. The molecule has 0 aliphatic carbocycles. The lowest BCUT2D eigenvalue weighted by molar-refractivity contribution is -0.159. The number of amides is 1. The molecule has 0 radical (unpaired) electrons. The van der Waals surface area contributed by atoms with Crippen molar-refractivity contribution in [2.75, 3.05) is 6.61 Å². The van der Waals surface area contributed by atoms with Crippen molar-refractivity contribution in [3.8, 4) is 0 Å². The summed E-state index contributed by atoms with van der Waals surface area (Å²) in [6, 6.07) is 10.1. The van der Waals surface area contributed by atoms with Crippen LogP contribution in [0, 0.1) is 0 Å². The van der Waals surface area contributed by atoms with E-state index in [1.54, 1.807) is 0 Å². The summed E-state index contributed by atoms with van der Waals surface area (Å²) in [5, 5.41) is 2.90. The molecule has 3 nitrogen and oxygen atoms in total. The molecule has 0 bridgehead atoms. The van der Waals surface area contributed by atoms with Crippen molar-refractivity contribution in [3.63, 3.8) is 0 Å². The fraction of sp³-hybridized carbons (Fsp3) is 0.357. The second-order valence-corrected chi connectivity index (χ2v) is 4.56. The van der Waals surface area contributed by atoms with Gasteiger partial charge in [-0.1, -0.05) is 42.5 Å². The van der Waals surface area contributed by atoms with Crippen LogP contribution in [-0.4, -0.2) is 24.2 Å². The Kier molecular flexibility index (Phi) is 2.48. The van der Waals surface area contributed by atoms with E-state index in [-0.39, 0.29) is 11.9 Å². The molecule has 2 atom stereocenters. The van der Waals surface area contributed by atoms with Gasteiger partial charge in [0.25, 0.3) is 5.91 Å². The first-order valence-electron chi connectivity index (χ1n) is 5.99. The van der Waals surface area contributed by atoms with E-state index in [1.165, 1.54) is 0 Å². The lowest BCUT2D eigenvalue weighted by Gasteiger charge is -2.43. The van der Waals surface area contributed by atoms with Crippen LogP contribution in [0.15, 0.2) is 36.4 Å². The van der Waals surface area contributed by atoms with Crippen LogP contribution in [0.4, 0.5) is 0 Å². The van der Waals surface area contributed by atoms with Gasteiger partial charge in [0.2, 0.25) is 0 Å². The topological polar surface area (TPSA) is 38.3 Å². The fourth-order valence-electron chi connectivity index (χ4n) is 2.50. The average molecular weight is 229 g/mol. The summed E-state index contributed by atoms with van der Waals surface area (Å²) in [6.45, 7) is 0.698. The number of nitrogens with one attached hydrogen (secondary N) is 1. The van der Waals surface area contributed by atoms with Crippen LogP contribution in [-0.2, 0) is 9.53 Å². The number of ether oxygens (including phenoxy) is 1. The van der Waals surface area contributed by atoms with Gasteiger partial charge in [0.1, 0.15) is 0 Å². The van der Waals surface area contributed by atoms with Crippen molar-refractivity contribution in [2.24, 2.45) is 0 Å². The smallest absolute Gasteiger partial charge is 0.255 e. The number of rotatable bonds is 2. The lowest BCUT2D eigenvalue weighted by atomic mass is 9.82. The van der Waals surface area contributed by atoms with E-state index in [0.29, 0.717) is 6.61 Å². The van der Waals surface area contributed by atoms with E-state index in [2.05, 4.69) is 5.32 Å². The molecule has 1 aromatic rings. The Bertz CT molecular complexity index is 447. The van der Waals surface area contributed by atoms with Gasteiger partial charge in [-0.15, -0.1) is 0 Å². The molecular formula is C14H15NO2. The quantitative estimate of drug-likeness (QED) is 0.785. The average Bonchev–Trinajstić information content (AvgIpc) is 2.88. The zero-order chi connectivity index (χ0) is 11.7. The van der Waals surface area contributed by atoms with E-state index in [4.69, 9.17) is 4.74 Å². The second kappa shape index (κ2) is 4.00. The molecule has 2 aliphatic heterocycles. The van der Waals surface area contributed by atoms with Gasteiger partial charge < -0.3 is 10.1 Å². The molecule has 2 saturated heterocycles. The van der Waals surface area contributed by atoms with E-state index < -0.39 is 5.60 Å². The Morgan fingerprint density at radius 3 is 2.82 bits per heavy atom. The Hall–Kier alpha value is -1.61. The number of hydrogen-bond acceptors (Lipinski definition) is 2. The summed E-state index contributed by atoms with van der Waals surface area (Å²) in [5.74, 6) is 0.0395. The maximum atomic E-state index is 11.6. The zero-order valence-electron chi connectivity index (χ0n) is 9.56. The van der Waals surface area contributed by atoms with Gasteiger partial charge in [0, 0.05) is 6.61 Å². The molecule has 1 aromatic carbocycles. The SMILES string of the molecule is O=C1N[C@H](/C=C/c2ccccc2)[C@@]12CCCO2. The van der Waals surface area contributed by atoms with Gasteiger partial charge in [-0.2, -0.15) is 0 Å². The number of carbonyl (C=O) groups excluding carboxylic acids is 1. The van der Waals surface area contributed by atoms with Gasteiger partial charge in [-0.25, -0.2) is 0 Å². The monoisotopic (exact) mass is 229 g/mol. The Balaban J connectivity index is 1.74. The summed E-state index contributed by atoms with van der Waals surface area (Å²) < 4.78 is 5.63. The highest BCUT2D eigenvalue weighted by atomic mass is 16.5. The highest BCUT2D eigenvalue weighted by Gasteiger charge is 2.56. The third-order valence-electron chi connectivity index (χ3n) is 3.51. The number of β-lactam (4-membered cyclic amide) rings is 1. The number of benzene rings is 1. The first-order valence-corrected chi connectivity index (χ1v) is 5.99. The molecule has 0 unspecified atom stereocenters. The highest BCUT2D eigenvalue weighted by molar-refractivity contribution is 5.94. The van der Waals surface area contributed by atoms with Crippen molar-refractivity contribution in [2.45, 2.75) is 24.5 Å². The molecule has 1 spiro atoms. The summed E-state index contributed by atoms with van der Waals surface area (Å²) in [5.41, 5.74) is 0.576. The predicted molar refractivity (Wildman–Crippen MR) is 65.3 cm³/mol. The second-order valence-electron chi connectivity index (χ2n) is 4.56. The molecule has 2 fully saturated rings. The van der Waals surface area contributed by atoms with Crippen LogP contribution in [0.3, 0.4) is 0 Å². The summed E-state index contributed by atoms with van der Waals surface area (Å²) in [7, 11) is 0. The predicted octanol–water partition coefficient (Wildman–Crippen LogP) is 1.75. The van der Waals surface area contributed by atoms with Crippen molar-refractivity contribution < 1.29 is 9.53 Å². The highest BCUT2D eigenvalue weighted by Crippen LogP contribution is 2.36. The molecule has 1 amide bonds. The van der Waals surface area contributed by atoms with E-state index >= 15 is 0 Å². The molecule has 2 aliphatic rings. The van der Waals surface area contributed by atoms with Crippen LogP contribution in [0.1, 0.15) is 18.4 Å². The maximum Gasteiger partial charge on any atom is 0.255 e. The lowest BCUT2D eigenvalue weighted by Crippen LogP contribution is -2.71. The van der Waals surface area contributed by atoms with Crippen molar-refractivity contribution >= 4 is 12.0 Å². The molecule has 0 aromatic heterocycles. The summed E-state index contributed by atoms with van der Waals surface area (Å²) >= 11 is 0. The van der Waals surface area contributed by atoms with Crippen LogP contribution >= 0.6 is 0 Å². The van der Waals surface area contributed by atoms with Crippen molar-refractivity contribution in [1.29, 1.82) is 0 Å². The molecule has 17 heavy (non-hydrogen) atoms. The number of carbonyl (C=O) groups is 1. The number of hydrogen-bond donors (Lipinski definition) is 1. The van der Waals surface area contributed by atoms with Gasteiger partial charge in [-0.05, 0) is 18.4 Å². The molecular weight excluding hydrogens is 214 g/mol. The van der Waals surface area contributed by atoms with Crippen LogP contribution in [0.25, 0.3) is 6.08 Å². The van der Waals surface area contributed by atoms with Gasteiger partial charge in [0.05, 0.1) is 6.04 Å². The minimum Gasteiger partial charge on any atom is -0.363 e. The Morgan fingerprint density at radius 2 is 2.18 bits per heavy atom. The van der Waals surface area contributed by atoms with E-state index in [1.807, 2.05) is 42.5 Å². The molecule has 2 heterocycles. The standard InChI is InChI=1S/C14H15NO2/c16-13-14(9-4-10-17-14)12(15-13)8-7-11-5-2-1-3-6-11/h1-3,5-8,12H,4,9-10H2,(H,15,16)/b8-7+/t12-,14+/m1/s1. The van der Waals surface area contributed by atoms with Crippen LogP contribution in [0.5, 0.6) is 0 Å². The Labute approximate surface area is 100 Å². The van der Waals surface area contributed by atoms with Crippen molar-refractivity contribution in [1.82, 2.24) is 5.32 Å². The molecule has 3 rings (SSSR count). The third kappa shape index (κ3) is 1.67. The van der Waals surface area contributed by atoms with Crippen LogP contribution in [0.2, 0.25) is 0 Å². The third-order valence-corrected chi connectivity index (χ3v) is 3.51. The van der Waals surface area contributed by atoms with Gasteiger partial charge in [0.15, 0.2) is 5.60 Å². The first-order chi connectivity index (χ1) is 8.31. The normalized spacial score (nSPS) is 31.8. The van der Waals surface area contributed by atoms with Crippen molar-refractivity contribution in [3.05, 3.63) is 42.0 Å². The minimum absolute atomic E-state index is 0.0257. The minimum atomic E-state index is -0.564. The summed E-state index contributed by atoms with van der Waals surface area (Å²) in [4.78, 5) is 11.6. The maximum absolute atomic E-state index is 11.6. The molecule has 0 saturated carbocycles. The van der Waals surface area contributed by atoms with Gasteiger partial charge in [-0.3, -0.25) is 4.79 Å². The van der Waals surface area contributed by atoms with Crippen LogP contribution < -0.4 is 5.32 Å². The Morgan fingerprint density at radius 1 is 1.35 bits per heavy atom. The fourth-order valence-corrected chi connectivity index (χ4v) is 2.50. The van der Waals surface area contributed by atoms with Gasteiger partial charge >= 0.3 is 0 Å².